The topological polar surface area (TPSA) is 92.9 Å². The number of rotatable bonds is 7. The number of carbonyl (C=O) groups excluding carboxylic acids is 1. The molecule has 154 valence electrons. The summed E-state index contributed by atoms with van der Waals surface area (Å²) in [6.45, 7) is 2.63. The third-order valence-electron chi connectivity index (χ3n) is 5.15. The van der Waals surface area contributed by atoms with Gasteiger partial charge in [0.25, 0.3) is 0 Å². The van der Waals surface area contributed by atoms with Gasteiger partial charge in [-0.3, -0.25) is 4.79 Å². The number of hydrogen-bond donors (Lipinski definition) is 3. The summed E-state index contributed by atoms with van der Waals surface area (Å²) in [5.74, 6) is 1.18. The lowest BCUT2D eigenvalue weighted by molar-refractivity contribution is -0.117. The van der Waals surface area contributed by atoms with Crippen molar-refractivity contribution in [3.8, 4) is 11.3 Å². The van der Waals surface area contributed by atoms with E-state index in [0.717, 1.165) is 47.3 Å². The number of carbonyl (C=O) groups is 1. The number of halogens is 1. The van der Waals surface area contributed by atoms with Crippen molar-refractivity contribution in [3.05, 3.63) is 64.7 Å². The normalized spacial score (nSPS) is 13.1. The molecule has 0 atom stereocenters. The van der Waals surface area contributed by atoms with E-state index in [9.17, 15) is 4.79 Å². The average molecular weight is 422 g/mol. The first-order chi connectivity index (χ1) is 14.5. The van der Waals surface area contributed by atoms with Crippen LogP contribution in [0.4, 0.5) is 17.5 Å². The second kappa shape index (κ2) is 8.71. The van der Waals surface area contributed by atoms with Gasteiger partial charge in [-0.15, -0.1) is 0 Å². The van der Waals surface area contributed by atoms with E-state index in [1.54, 1.807) is 0 Å². The molecule has 1 aliphatic rings. The van der Waals surface area contributed by atoms with Crippen molar-refractivity contribution in [1.82, 2.24) is 9.97 Å². The van der Waals surface area contributed by atoms with Gasteiger partial charge in [-0.1, -0.05) is 35.9 Å². The van der Waals surface area contributed by atoms with Crippen LogP contribution in [0.15, 0.2) is 48.5 Å². The Balaban J connectivity index is 1.41. The van der Waals surface area contributed by atoms with Crippen molar-refractivity contribution >= 4 is 35.0 Å². The van der Waals surface area contributed by atoms with E-state index >= 15 is 0 Å². The predicted octanol–water partition coefficient (Wildman–Crippen LogP) is 4.69. The van der Waals surface area contributed by atoms with Crippen LogP contribution < -0.4 is 16.4 Å². The number of benzene rings is 2. The third kappa shape index (κ3) is 4.89. The van der Waals surface area contributed by atoms with E-state index in [4.69, 9.17) is 17.3 Å². The van der Waals surface area contributed by atoms with Crippen LogP contribution in [0.1, 0.15) is 24.0 Å². The van der Waals surface area contributed by atoms with Crippen molar-refractivity contribution in [1.29, 1.82) is 0 Å². The van der Waals surface area contributed by atoms with E-state index in [0.29, 0.717) is 17.4 Å². The van der Waals surface area contributed by atoms with Gasteiger partial charge < -0.3 is 16.4 Å². The van der Waals surface area contributed by atoms with Gasteiger partial charge in [0.2, 0.25) is 11.9 Å². The van der Waals surface area contributed by atoms with Crippen LogP contribution in [0.5, 0.6) is 0 Å². The molecule has 2 aromatic carbocycles. The van der Waals surface area contributed by atoms with Gasteiger partial charge in [-0.2, -0.15) is 4.98 Å². The van der Waals surface area contributed by atoms with Crippen molar-refractivity contribution in [2.75, 3.05) is 22.9 Å². The molecule has 1 amide bonds. The number of nitrogen functional groups attached to an aromatic ring is 1. The van der Waals surface area contributed by atoms with Crippen LogP contribution in [0.25, 0.3) is 11.3 Å². The molecule has 1 heterocycles. The number of nitrogens with zero attached hydrogens (tertiary/aromatic N) is 2. The molecular weight excluding hydrogens is 398 g/mol. The Hall–Kier alpha value is -3.12. The highest BCUT2D eigenvalue weighted by atomic mass is 35.5. The standard InChI is InChI=1S/C23H24ClN5O/c1-14-18(6-3-7-19(14)24)20-13-21(29-23(25)28-20)26-11-10-15-4-2-5-17(12-15)27-22(30)16-8-9-16/h2-7,12-13,16H,8-11H2,1H3,(H,27,30)(H3,25,26,28,29). The summed E-state index contributed by atoms with van der Waals surface area (Å²) in [4.78, 5) is 20.6. The summed E-state index contributed by atoms with van der Waals surface area (Å²) in [5.41, 5.74) is 10.5. The van der Waals surface area contributed by atoms with Gasteiger partial charge in [0.05, 0.1) is 5.69 Å². The zero-order chi connectivity index (χ0) is 21.1. The number of aromatic nitrogens is 2. The molecule has 1 fully saturated rings. The van der Waals surface area contributed by atoms with Crippen molar-refractivity contribution < 1.29 is 4.79 Å². The van der Waals surface area contributed by atoms with E-state index in [2.05, 4.69) is 20.6 Å². The SMILES string of the molecule is Cc1c(Cl)cccc1-c1cc(NCCc2cccc(NC(=O)C3CC3)c2)nc(N)n1. The first-order valence-electron chi connectivity index (χ1n) is 10.0. The molecule has 7 heteroatoms. The number of amides is 1. The first-order valence-corrected chi connectivity index (χ1v) is 10.4. The van der Waals surface area contributed by atoms with Gasteiger partial charge in [-0.05, 0) is 55.5 Å². The molecule has 4 rings (SSSR count). The zero-order valence-electron chi connectivity index (χ0n) is 16.8. The second-order valence-electron chi connectivity index (χ2n) is 7.55. The summed E-state index contributed by atoms with van der Waals surface area (Å²) in [6.07, 6.45) is 2.77. The van der Waals surface area contributed by atoms with Gasteiger partial charge >= 0.3 is 0 Å². The summed E-state index contributed by atoms with van der Waals surface area (Å²) in [6, 6.07) is 15.5. The lowest BCUT2D eigenvalue weighted by atomic mass is 10.1. The molecule has 0 saturated heterocycles. The lowest BCUT2D eigenvalue weighted by Gasteiger charge is -2.11. The van der Waals surface area contributed by atoms with Crippen molar-refractivity contribution in [2.24, 2.45) is 5.92 Å². The molecular formula is C23H24ClN5O. The molecule has 1 saturated carbocycles. The molecule has 0 spiro atoms. The second-order valence-corrected chi connectivity index (χ2v) is 7.96. The lowest BCUT2D eigenvalue weighted by Crippen LogP contribution is -2.13. The average Bonchev–Trinajstić information content (AvgIpc) is 3.55. The molecule has 0 radical (unpaired) electrons. The largest absolute Gasteiger partial charge is 0.370 e. The minimum absolute atomic E-state index is 0.116. The maximum absolute atomic E-state index is 12.0. The summed E-state index contributed by atoms with van der Waals surface area (Å²) in [5, 5.41) is 6.99. The van der Waals surface area contributed by atoms with Crippen molar-refractivity contribution in [3.63, 3.8) is 0 Å². The third-order valence-corrected chi connectivity index (χ3v) is 5.56. The molecule has 6 nitrogen and oxygen atoms in total. The quantitative estimate of drug-likeness (QED) is 0.514. The smallest absolute Gasteiger partial charge is 0.227 e. The summed E-state index contributed by atoms with van der Waals surface area (Å²) in [7, 11) is 0. The van der Waals surface area contributed by atoms with E-state index in [-0.39, 0.29) is 17.8 Å². The van der Waals surface area contributed by atoms with Crippen LogP contribution in [0, 0.1) is 12.8 Å². The fraction of sp³-hybridized carbons (Fsp3) is 0.261. The molecule has 0 bridgehead atoms. The van der Waals surface area contributed by atoms with Crippen LogP contribution in [0.2, 0.25) is 5.02 Å². The van der Waals surface area contributed by atoms with E-state index in [1.807, 2.05) is 55.5 Å². The Morgan fingerprint density at radius 1 is 1.17 bits per heavy atom. The van der Waals surface area contributed by atoms with Crippen LogP contribution in [0.3, 0.4) is 0 Å². The highest BCUT2D eigenvalue weighted by Gasteiger charge is 2.29. The number of nitrogens with one attached hydrogen (secondary N) is 2. The van der Waals surface area contributed by atoms with Gasteiger partial charge in [-0.25, -0.2) is 4.98 Å². The minimum atomic E-state index is 0.116. The fourth-order valence-electron chi connectivity index (χ4n) is 3.31. The van der Waals surface area contributed by atoms with Gasteiger partial charge in [0.1, 0.15) is 5.82 Å². The molecule has 1 aromatic heterocycles. The highest BCUT2D eigenvalue weighted by Crippen LogP contribution is 2.30. The van der Waals surface area contributed by atoms with E-state index < -0.39 is 0 Å². The Bertz CT molecular complexity index is 1080. The Kier molecular flexibility index (Phi) is 5.86. The summed E-state index contributed by atoms with van der Waals surface area (Å²) < 4.78 is 0. The Labute approximate surface area is 180 Å². The molecule has 1 aliphatic carbocycles. The molecule has 0 aliphatic heterocycles. The van der Waals surface area contributed by atoms with Crippen molar-refractivity contribution in [2.45, 2.75) is 26.2 Å². The molecule has 30 heavy (non-hydrogen) atoms. The zero-order valence-corrected chi connectivity index (χ0v) is 17.5. The molecule has 0 unspecified atom stereocenters. The van der Waals surface area contributed by atoms with Gasteiger partial charge in [0, 0.05) is 34.8 Å². The first kappa shape index (κ1) is 20.2. The highest BCUT2D eigenvalue weighted by molar-refractivity contribution is 6.31. The summed E-state index contributed by atoms with van der Waals surface area (Å²) >= 11 is 6.24. The van der Waals surface area contributed by atoms with Crippen LogP contribution >= 0.6 is 11.6 Å². The predicted molar refractivity (Wildman–Crippen MR) is 122 cm³/mol. The van der Waals surface area contributed by atoms with E-state index in [1.165, 1.54) is 0 Å². The maximum Gasteiger partial charge on any atom is 0.227 e. The maximum atomic E-state index is 12.0. The Morgan fingerprint density at radius 3 is 2.77 bits per heavy atom. The van der Waals surface area contributed by atoms with Gasteiger partial charge in [0.15, 0.2) is 0 Å². The number of nitrogens with two attached hydrogens (primary N) is 1. The molecule has 3 aromatic rings. The minimum Gasteiger partial charge on any atom is -0.370 e. The Morgan fingerprint density at radius 2 is 1.97 bits per heavy atom. The van der Waals surface area contributed by atoms with Crippen LogP contribution in [-0.2, 0) is 11.2 Å². The molecule has 4 N–H and O–H groups in total. The fourth-order valence-corrected chi connectivity index (χ4v) is 3.48. The monoisotopic (exact) mass is 421 g/mol. The number of hydrogen-bond acceptors (Lipinski definition) is 5. The number of anilines is 3. The van der Waals surface area contributed by atoms with Crippen LogP contribution in [-0.4, -0.2) is 22.4 Å².